The van der Waals surface area contributed by atoms with Gasteiger partial charge in [-0.1, -0.05) is 0 Å². The molecule has 10 heavy (non-hydrogen) atoms. The van der Waals surface area contributed by atoms with Gasteiger partial charge in [-0.15, -0.1) is 0 Å². The number of allylic oxidation sites excluding steroid dienone is 4. The van der Waals surface area contributed by atoms with Gasteiger partial charge in [0.15, 0.2) is 5.78 Å². The van der Waals surface area contributed by atoms with E-state index in [2.05, 4.69) is 0 Å². The van der Waals surface area contributed by atoms with E-state index in [-0.39, 0.29) is 11.6 Å². The highest BCUT2D eigenvalue weighted by molar-refractivity contribution is 5.87. The maximum Gasteiger partial charge on any atom is 0.152 e. The Hall–Kier alpha value is -0.920. The Morgan fingerprint density at radius 2 is 1.70 bits per heavy atom. The molecule has 56 valence electrons. The van der Waals surface area contributed by atoms with Crippen molar-refractivity contribution in [3.8, 4) is 0 Å². The van der Waals surface area contributed by atoms with E-state index in [1.807, 2.05) is 0 Å². The third kappa shape index (κ3) is 4.01. The van der Waals surface area contributed by atoms with E-state index >= 15 is 0 Å². The molecule has 0 fully saturated rings. The average Bonchev–Trinajstić information content (AvgIpc) is 1.82. The van der Waals surface area contributed by atoms with E-state index in [0.29, 0.717) is 5.57 Å². The fourth-order valence-electron chi connectivity index (χ4n) is 0.357. The van der Waals surface area contributed by atoms with Crippen LogP contribution in [0.5, 0.6) is 0 Å². The maximum absolute atomic E-state index is 12.5. The van der Waals surface area contributed by atoms with Gasteiger partial charge in [-0.05, 0) is 38.5 Å². The Morgan fingerprint density at radius 3 is 2.00 bits per heavy atom. The number of rotatable bonds is 2. The monoisotopic (exact) mass is 142 g/mol. The minimum Gasteiger partial charge on any atom is -0.295 e. The molecule has 0 saturated heterocycles. The predicted octanol–water partition coefficient (Wildman–Crippen LogP) is 2.40. The van der Waals surface area contributed by atoms with Crippen molar-refractivity contribution in [1.82, 2.24) is 0 Å². The largest absolute Gasteiger partial charge is 0.295 e. The van der Waals surface area contributed by atoms with Crippen molar-refractivity contribution in [1.29, 1.82) is 0 Å². The highest BCUT2D eigenvalue weighted by Crippen LogP contribution is 2.05. The van der Waals surface area contributed by atoms with Crippen LogP contribution in [-0.2, 0) is 4.79 Å². The maximum atomic E-state index is 12.5. The molecule has 0 rings (SSSR count). The van der Waals surface area contributed by atoms with Gasteiger partial charge in [-0.3, -0.25) is 4.79 Å². The summed E-state index contributed by atoms with van der Waals surface area (Å²) >= 11 is 0. The molecule has 0 heterocycles. The molecule has 1 nitrogen and oxygen atoms in total. The van der Waals surface area contributed by atoms with Gasteiger partial charge in [-0.2, -0.15) is 0 Å². The summed E-state index contributed by atoms with van der Waals surface area (Å²) in [5.41, 5.74) is 0.581. The van der Waals surface area contributed by atoms with Crippen LogP contribution in [0, 0.1) is 0 Å². The number of hydrogen-bond acceptors (Lipinski definition) is 1. The van der Waals surface area contributed by atoms with E-state index in [1.165, 1.54) is 19.1 Å². The molecule has 0 aliphatic heterocycles. The first-order valence-electron chi connectivity index (χ1n) is 3.05. The number of halogens is 1. The van der Waals surface area contributed by atoms with Crippen LogP contribution in [-0.4, -0.2) is 5.78 Å². The summed E-state index contributed by atoms with van der Waals surface area (Å²) in [6.45, 7) is 4.69. The van der Waals surface area contributed by atoms with Crippen molar-refractivity contribution in [2.75, 3.05) is 0 Å². The summed E-state index contributed by atoms with van der Waals surface area (Å²) in [7, 11) is 0. The number of carbonyl (C=O) groups excluding carboxylic acids is 1. The Morgan fingerprint density at radius 1 is 1.20 bits per heavy atom. The fraction of sp³-hybridized carbons (Fsp3) is 0.375. The lowest BCUT2D eigenvalue weighted by Crippen LogP contribution is -1.80. The lowest BCUT2D eigenvalue weighted by molar-refractivity contribution is -0.112. The minimum absolute atomic E-state index is 0.142. The molecule has 0 radical (unpaired) electrons. The number of carbonyl (C=O) groups is 1. The second-order valence-corrected chi connectivity index (χ2v) is 2.29. The van der Waals surface area contributed by atoms with Gasteiger partial charge in [0.1, 0.15) is 5.83 Å². The normalized spacial score (nSPS) is 10.0. The summed E-state index contributed by atoms with van der Waals surface area (Å²) in [5.74, 6) is -0.480. The molecular formula is C8H11FO. The Balaban J connectivity index is 4.16. The van der Waals surface area contributed by atoms with Crippen LogP contribution in [0.25, 0.3) is 0 Å². The zero-order chi connectivity index (χ0) is 8.15. The fourth-order valence-corrected chi connectivity index (χ4v) is 0.357. The van der Waals surface area contributed by atoms with Crippen LogP contribution in [0.15, 0.2) is 23.6 Å². The van der Waals surface area contributed by atoms with Gasteiger partial charge in [-0.25, -0.2) is 4.39 Å². The number of hydrogen-bond donors (Lipinski definition) is 0. The van der Waals surface area contributed by atoms with Crippen molar-refractivity contribution in [3.63, 3.8) is 0 Å². The zero-order valence-corrected chi connectivity index (χ0v) is 6.44. The van der Waals surface area contributed by atoms with Crippen LogP contribution < -0.4 is 0 Å². The zero-order valence-electron chi connectivity index (χ0n) is 6.44. The highest BCUT2D eigenvalue weighted by Gasteiger charge is 1.90. The Labute approximate surface area is 60.2 Å². The molecule has 0 aromatic carbocycles. The van der Waals surface area contributed by atoms with E-state index in [4.69, 9.17) is 0 Å². The molecule has 0 aliphatic rings. The second-order valence-electron chi connectivity index (χ2n) is 2.29. The van der Waals surface area contributed by atoms with Crippen LogP contribution in [0.1, 0.15) is 20.8 Å². The summed E-state index contributed by atoms with van der Waals surface area (Å²) in [6, 6.07) is 0. The molecule has 0 bridgehead atoms. The molecule has 0 spiro atoms. The summed E-state index contributed by atoms with van der Waals surface area (Å²) < 4.78 is 12.5. The molecule has 2 heteroatoms. The van der Waals surface area contributed by atoms with Crippen molar-refractivity contribution in [3.05, 3.63) is 23.6 Å². The molecule has 0 aromatic heterocycles. The smallest absolute Gasteiger partial charge is 0.152 e. The van der Waals surface area contributed by atoms with Crippen molar-refractivity contribution in [2.45, 2.75) is 20.8 Å². The van der Waals surface area contributed by atoms with Gasteiger partial charge in [0.25, 0.3) is 0 Å². The van der Waals surface area contributed by atoms with E-state index in [0.717, 1.165) is 0 Å². The lowest BCUT2D eigenvalue weighted by atomic mass is 10.3. The van der Waals surface area contributed by atoms with Gasteiger partial charge in [0.05, 0.1) is 0 Å². The second kappa shape index (κ2) is 3.99. The Kier molecular flexibility index (Phi) is 3.62. The van der Waals surface area contributed by atoms with Gasteiger partial charge in [0, 0.05) is 0 Å². The Bertz CT molecular complexity index is 185. The summed E-state index contributed by atoms with van der Waals surface area (Å²) in [5, 5.41) is 0. The number of ketones is 1. The van der Waals surface area contributed by atoms with Crippen LogP contribution in [0.2, 0.25) is 0 Å². The van der Waals surface area contributed by atoms with E-state index in [1.54, 1.807) is 13.8 Å². The molecule has 0 amide bonds. The SMILES string of the molecule is CC(=O)C=CC(F)=C(C)C. The summed E-state index contributed by atoms with van der Waals surface area (Å²) in [6.07, 6.45) is 2.39. The molecule has 0 saturated carbocycles. The third-order valence-electron chi connectivity index (χ3n) is 0.942. The van der Waals surface area contributed by atoms with Crippen molar-refractivity contribution < 1.29 is 9.18 Å². The quantitative estimate of drug-likeness (QED) is 0.427. The molecule has 0 aliphatic carbocycles. The van der Waals surface area contributed by atoms with Gasteiger partial charge in [0.2, 0.25) is 0 Å². The van der Waals surface area contributed by atoms with Gasteiger partial charge < -0.3 is 0 Å². The molecular weight excluding hydrogens is 131 g/mol. The third-order valence-corrected chi connectivity index (χ3v) is 0.942. The van der Waals surface area contributed by atoms with Crippen LogP contribution in [0.4, 0.5) is 4.39 Å². The molecule has 0 aromatic rings. The van der Waals surface area contributed by atoms with Crippen LogP contribution in [0.3, 0.4) is 0 Å². The summed E-state index contributed by atoms with van der Waals surface area (Å²) in [4.78, 5) is 10.3. The average molecular weight is 142 g/mol. The van der Waals surface area contributed by atoms with Gasteiger partial charge >= 0.3 is 0 Å². The minimum atomic E-state index is -0.338. The lowest BCUT2D eigenvalue weighted by Gasteiger charge is -1.88. The van der Waals surface area contributed by atoms with Crippen molar-refractivity contribution >= 4 is 5.78 Å². The molecule has 0 unspecified atom stereocenters. The standard InChI is InChI=1S/C8H11FO/c1-6(2)8(9)5-4-7(3)10/h4-5H,1-3H3. The van der Waals surface area contributed by atoms with Crippen molar-refractivity contribution in [2.24, 2.45) is 0 Å². The van der Waals surface area contributed by atoms with E-state index < -0.39 is 0 Å². The highest BCUT2D eigenvalue weighted by atomic mass is 19.1. The first-order valence-corrected chi connectivity index (χ1v) is 3.05. The molecule has 0 atom stereocenters. The van der Waals surface area contributed by atoms with E-state index in [9.17, 15) is 9.18 Å². The topological polar surface area (TPSA) is 17.1 Å². The predicted molar refractivity (Wildman–Crippen MR) is 39.3 cm³/mol. The first kappa shape index (κ1) is 9.08. The molecule has 0 N–H and O–H groups in total. The first-order chi connectivity index (χ1) is 4.54. The van der Waals surface area contributed by atoms with Crippen LogP contribution >= 0.6 is 0 Å².